The first kappa shape index (κ1) is 6.70. The van der Waals surface area contributed by atoms with Gasteiger partial charge in [0.25, 0.3) is 0 Å². The first-order valence-corrected chi connectivity index (χ1v) is 4.08. The molecule has 3 nitrogen and oxygen atoms in total. The van der Waals surface area contributed by atoms with E-state index in [0.717, 1.165) is 25.9 Å². The van der Waals surface area contributed by atoms with Crippen LogP contribution in [-0.2, 0) is 4.79 Å². The van der Waals surface area contributed by atoms with Gasteiger partial charge >= 0.3 is 0 Å². The molecule has 60 valence electrons. The fraction of sp³-hybridized carbons (Fsp3) is 0.625. The van der Waals surface area contributed by atoms with Gasteiger partial charge in [-0.05, 0) is 19.0 Å². The van der Waals surface area contributed by atoms with Crippen molar-refractivity contribution in [2.75, 3.05) is 13.1 Å². The summed E-state index contributed by atoms with van der Waals surface area (Å²) in [5, 5.41) is 2.87. The molecule has 1 amide bonds. The Balaban J connectivity index is 2.15. The highest BCUT2D eigenvalue weighted by Crippen LogP contribution is 2.16. The Morgan fingerprint density at radius 2 is 2.55 bits per heavy atom. The van der Waals surface area contributed by atoms with E-state index in [1.54, 1.807) is 0 Å². The Hall–Kier alpha value is -0.990. The Morgan fingerprint density at radius 1 is 1.64 bits per heavy atom. The second-order valence-corrected chi connectivity index (χ2v) is 3.01. The van der Waals surface area contributed by atoms with Crippen molar-refractivity contribution in [3.8, 4) is 0 Å². The number of piperazine rings is 1. The molecule has 3 heteroatoms. The molecule has 1 N–H and O–H groups in total. The lowest BCUT2D eigenvalue weighted by Crippen LogP contribution is -2.53. The second kappa shape index (κ2) is 2.57. The van der Waals surface area contributed by atoms with Crippen LogP contribution in [0.25, 0.3) is 0 Å². The number of fused-ring (bicyclic) bond motifs is 1. The summed E-state index contributed by atoms with van der Waals surface area (Å²) in [6, 6.07) is 0.119. The van der Waals surface area contributed by atoms with Gasteiger partial charge in [-0.2, -0.15) is 0 Å². The molecule has 0 spiro atoms. The van der Waals surface area contributed by atoms with E-state index in [-0.39, 0.29) is 11.9 Å². The van der Waals surface area contributed by atoms with Crippen molar-refractivity contribution in [2.24, 2.45) is 0 Å². The molecule has 2 aliphatic heterocycles. The molecule has 1 fully saturated rings. The van der Waals surface area contributed by atoms with Crippen molar-refractivity contribution >= 4 is 5.91 Å². The van der Waals surface area contributed by atoms with Gasteiger partial charge in [0.15, 0.2) is 0 Å². The molecule has 2 heterocycles. The summed E-state index contributed by atoms with van der Waals surface area (Å²) in [6.45, 7) is 1.76. The zero-order valence-electron chi connectivity index (χ0n) is 6.42. The highest BCUT2D eigenvalue weighted by molar-refractivity contribution is 5.82. The van der Waals surface area contributed by atoms with Crippen LogP contribution in [-0.4, -0.2) is 29.9 Å². The molecule has 0 aromatic carbocycles. The molecule has 0 aromatic heterocycles. The van der Waals surface area contributed by atoms with Crippen LogP contribution in [0.2, 0.25) is 0 Å². The van der Waals surface area contributed by atoms with Crippen LogP contribution in [0.3, 0.4) is 0 Å². The van der Waals surface area contributed by atoms with Gasteiger partial charge in [-0.1, -0.05) is 6.08 Å². The lowest BCUT2D eigenvalue weighted by molar-refractivity contribution is -0.128. The van der Waals surface area contributed by atoms with Crippen molar-refractivity contribution in [1.82, 2.24) is 10.2 Å². The lowest BCUT2D eigenvalue weighted by atomic mass is 10.0. The summed E-state index contributed by atoms with van der Waals surface area (Å²) in [4.78, 5) is 13.4. The third-order valence-electron chi connectivity index (χ3n) is 2.28. The summed E-state index contributed by atoms with van der Waals surface area (Å²) in [5.41, 5.74) is 0. The molecular weight excluding hydrogens is 140 g/mol. The maximum atomic E-state index is 11.2. The minimum absolute atomic E-state index is 0.119. The third kappa shape index (κ3) is 1.11. The maximum Gasteiger partial charge on any atom is 0.242 e. The van der Waals surface area contributed by atoms with Crippen LogP contribution >= 0.6 is 0 Å². The van der Waals surface area contributed by atoms with E-state index in [1.165, 1.54) is 0 Å². The second-order valence-electron chi connectivity index (χ2n) is 3.01. The largest absolute Gasteiger partial charge is 0.364 e. The molecule has 1 atom stereocenters. The van der Waals surface area contributed by atoms with E-state index >= 15 is 0 Å². The Bertz CT molecular complexity index is 200. The van der Waals surface area contributed by atoms with E-state index in [2.05, 4.69) is 16.3 Å². The lowest BCUT2D eigenvalue weighted by Gasteiger charge is -2.36. The molecule has 0 radical (unpaired) electrons. The van der Waals surface area contributed by atoms with Crippen LogP contribution in [0.4, 0.5) is 0 Å². The summed E-state index contributed by atoms with van der Waals surface area (Å²) >= 11 is 0. The van der Waals surface area contributed by atoms with Crippen molar-refractivity contribution < 1.29 is 4.79 Å². The summed E-state index contributed by atoms with van der Waals surface area (Å²) in [7, 11) is 0. The molecule has 0 saturated carbocycles. The van der Waals surface area contributed by atoms with Gasteiger partial charge in [0, 0.05) is 13.1 Å². The van der Waals surface area contributed by atoms with Gasteiger partial charge in [0.2, 0.25) is 5.91 Å². The van der Waals surface area contributed by atoms with Crippen LogP contribution in [0.5, 0.6) is 0 Å². The van der Waals surface area contributed by atoms with Gasteiger partial charge in [-0.25, -0.2) is 0 Å². The minimum atomic E-state index is 0.119. The number of nitrogens with one attached hydrogen (secondary N) is 1. The molecule has 11 heavy (non-hydrogen) atoms. The van der Waals surface area contributed by atoms with Gasteiger partial charge in [0.1, 0.15) is 6.04 Å². The first-order valence-electron chi connectivity index (χ1n) is 4.08. The van der Waals surface area contributed by atoms with Crippen molar-refractivity contribution in [1.29, 1.82) is 0 Å². The molecule has 0 bridgehead atoms. The average Bonchev–Trinajstić information content (AvgIpc) is 2.06. The molecule has 0 unspecified atom stereocenters. The van der Waals surface area contributed by atoms with Crippen molar-refractivity contribution in [3.05, 3.63) is 12.3 Å². The van der Waals surface area contributed by atoms with E-state index in [4.69, 9.17) is 0 Å². The van der Waals surface area contributed by atoms with Gasteiger partial charge in [0.05, 0.1) is 0 Å². The summed E-state index contributed by atoms with van der Waals surface area (Å²) < 4.78 is 0. The number of hydrogen-bond donors (Lipinski definition) is 1. The van der Waals surface area contributed by atoms with Gasteiger partial charge in [-0.3, -0.25) is 4.79 Å². The minimum Gasteiger partial charge on any atom is -0.364 e. The number of nitrogens with zero attached hydrogens (tertiary/aromatic N) is 1. The first-order chi connectivity index (χ1) is 5.38. The van der Waals surface area contributed by atoms with Crippen LogP contribution in [0, 0.1) is 0 Å². The normalized spacial score (nSPS) is 29.6. The smallest absolute Gasteiger partial charge is 0.242 e. The number of carbonyl (C=O) groups excluding carboxylic acids is 1. The fourth-order valence-electron chi connectivity index (χ4n) is 1.67. The fourth-order valence-corrected chi connectivity index (χ4v) is 1.67. The molecule has 2 rings (SSSR count). The zero-order valence-corrected chi connectivity index (χ0v) is 6.42. The number of allylic oxidation sites excluding steroid dienone is 1. The monoisotopic (exact) mass is 152 g/mol. The molecule has 0 aromatic rings. The van der Waals surface area contributed by atoms with Crippen molar-refractivity contribution in [3.63, 3.8) is 0 Å². The summed E-state index contributed by atoms with van der Waals surface area (Å²) in [5.74, 6) is 0.195. The van der Waals surface area contributed by atoms with Crippen LogP contribution in [0.1, 0.15) is 12.8 Å². The summed E-state index contributed by atoms with van der Waals surface area (Å²) in [6.07, 6.45) is 6.19. The number of amides is 1. The van der Waals surface area contributed by atoms with E-state index in [1.807, 2.05) is 6.20 Å². The molecular formula is C8H12N2O. The highest BCUT2D eigenvalue weighted by Gasteiger charge is 2.28. The average molecular weight is 152 g/mol. The van der Waals surface area contributed by atoms with E-state index in [0.29, 0.717) is 0 Å². The topological polar surface area (TPSA) is 32.3 Å². The predicted octanol–water partition coefficient (Wildman–Crippen LogP) is 0.0943. The number of rotatable bonds is 0. The van der Waals surface area contributed by atoms with Crippen molar-refractivity contribution in [2.45, 2.75) is 18.9 Å². The Morgan fingerprint density at radius 3 is 3.36 bits per heavy atom. The standard InChI is InChI=1S/C8H12N2O/c11-8-7-3-1-2-5-10(7)6-4-9-8/h2,5,7H,1,3-4,6H2,(H,9,11)/t7-/m1/s1. The number of carbonyl (C=O) groups is 1. The Kier molecular flexibility index (Phi) is 1.56. The molecule has 2 aliphatic rings. The van der Waals surface area contributed by atoms with E-state index in [9.17, 15) is 4.79 Å². The maximum absolute atomic E-state index is 11.2. The number of hydrogen-bond acceptors (Lipinski definition) is 2. The van der Waals surface area contributed by atoms with Crippen LogP contribution < -0.4 is 5.32 Å². The van der Waals surface area contributed by atoms with E-state index < -0.39 is 0 Å². The van der Waals surface area contributed by atoms with Crippen LogP contribution in [0.15, 0.2) is 12.3 Å². The quantitative estimate of drug-likeness (QED) is 0.533. The highest BCUT2D eigenvalue weighted by atomic mass is 16.2. The third-order valence-corrected chi connectivity index (χ3v) is 2.28. The van der Waals surface area contributed by atoms with Gasteiger partial charge < -0.3 is 10.2 Å². The van der Waals surface area contributed by atoms with Gasteiger partial charge in [-0.15, -0.1) is 0 Å². The predicted molar refractivity (Wildman–Crippen MR) is 41.9 cm³/mol. The molecule has 0 aliphatic carbocycles. The Labute approximate surface area is 66.1 Å². The SMILES string of the molecule is O=C1NCCN2C=CCC[C@H]12. The zero-order chi connectivity index (χ0) is 7.68. The molecule has 1 saturated heterocycles.